The zero-order valence-corrected chi connectivity index (χ0v) is 40.4. The highest BCUT2D eigenvalue weighted by Gasteiger charge is 2.38. The Hall–Kier alpha value is -3.74. The second kappa shape index (κ2) is 41.0. The largest absolute Gasteiger partial charge is 0.465 e. The molecule has 13 heteroatoms. The van der Waals surface area contributed by atoms with Gasteiger partial charge in [0.05, 0.1) is 13.2 Å². The van der Waals surface area contributed by atoms with Crippen molar-refractivity contribution in [2.24, 2.45) is 11.3 Å². The van der Waals surface area contributed by atoms with Gasteiger partial charge in [-0.05, 0) is 97.2 Å². The predicted molar refractivity (Wildman–Crippen MR) is 247 cm³/mol. The average molecular weight is 894 g/mol. The fraction of sp³-hybridized carbons (Fsp3) is 0.800. The van der Waals surface area contributed by atoms with E-state index in [1.54, 1.807) is 0 Å². The Labute approximate surface area is 381 Å². The molecule has 0 heterocycles. The zero-order chi connectivity index (χ0) is 46.8. The fourth-order valence-electron chi connectivity index (χ4n) is 6.46. The van der Waals surface area contributed by atoms with Gasteiger partial charge in [0.2, 0.25) is 0 Å². The highest BCUT2D eigenvalue weighted by atomic mass is 16.6. The first kappa shape index (κ1) is 59.3. The van der Waals surface area contributed by atoms with E-state index < -0.39 is 29.3 Å². The molecule has 0 atom stereocenters. The first-order valence-corrected chi connectivity index (χ1v) is 24.3. The van der Waals surface area contributed by atoms with E-state index in [4.69, 9.17) is 28.4 Å². The topological polar surface area (TPSA) is 161 Å². The lowest BCUT2D eigenvalue weighted by Gasteiger charge is -2.32. The molecule has 0 saturated carbocycles. The van der Waals surface area contributed by atoms with E-state index in [0.717, 1.165) is 77.0 Å². The van der Waals surface area contributed by atoms with Crippen LogP contribution in [-0.4, -0.2) is 101 Å². The fourth-order valence-corrected chi connectivity index (χ4v) is 6.46. The minimum absolute atomic E-state index is 0.0161. The Morgan fingerprint density at radius 1 is 0.429 bits per heavy atom. The van der Waals surface area contributed by atoms with Crippen LogP contribution in [0.3, 0.4) is 0 Å². The molecule has 0 aliphatic heterocycles. The summed E-state index contributed by atoms with van der Waals surface area (Å²) in [5, 5.41) is 0. The number of rotatable bonds is 42. The minimum Gasteiger partial charge on any atom is -0.465 e. The van der Waals surface area contributed by atoms with Crippen LogP contribution in [0.25, 0.3) is 0 Å². The normalized spacial score (nSPS) is 11.7. The molecule has 0 N–H and O–H groups in total. The molecule has 0 aromatic carbocycles. The van der Waals surface area contributed by atoms with Gasteiger partial charge in [-0.15, -0.1) is 0 Å². The first-order valence-electron chi connectivity index (χ1n) is 24.3. The van der Waals surface area contributed by atoms with Crippen LogP contribution in [0.4, 0.5) is 0 Å². The van der Waals surface area contributed by atoms with Gasteiger partial charge in [0.25, 0.3) is 0 Å². The molecule has 13 nitrogen and oxygen atoms in total. The van der Waals surface area contributed by atoms with Crippen LogP contribution in [0.1, 0.15) is 188 Å². The molecule has 0 radical (unpaired) electrons. The Bertz CT molecular complexity index is 1210. The summed E-state index contributed by atoms with van der Waals surface area (Å²) in [6, 6.07) is 0. The summed E-state index contributed by atoms with van der Waals surface area (Å²) in [5.74, 6) is -2.50. The Morgan fingerprint density at radius 3 is 1.14 bits per heavy atom. The third-order valence-corrected chi connectivity index (χ3v) is 10.4. The van der Waals surface area contributed by atoms with E-state index in [-0.39, 0.29) is 82.8 Å². The monoisotopic (exact) mass is 894 g/mol. The number of hydrogen-bond donors (Lipinski definition) is 0. The summed E-state index contributed by atoms with van der Waals surface area (Å²) >= 11 is 0. The smallest absolute Gasteiger partial charge is 0.306 e. The number of unbranched alkanes of at least 4 members (excludes halogenated alkanes) is 8. The second-order valence-electron chi connectivity index (χ2n) is 17.1. The van der Waals surface area contributed by atoms with Crippen LogP contribution in [0.2, 0.25) is 0 Å². The lowest BCUT2D eigenvalue weighted by molar-refractivity contribution is -0.171. The van der Waals surface area contributed by atoms with Gasteiger partial charge in [0.15, 0.2) is 0 Å². The van der Waals surface area contributed by atoms with E-state index in [0.29, 0.717) is 64.7 Å². The van der Waals surface area contributed by atoms with Crippen LogP contribution in [-0.2, 0) is 57.2 Å². The number of esters is 6. The molecular weight excluding hydrogens is 807 g/mol. The summed E-state index contributed by atoms with van der Waals surface area (Å²) in [7, 11) is 3.82. The molecule has 0 aliphatic rings. The van der Waals surface area contributed by atoms with Crippen molar-refractivity contribution in [1.29, 1.82) is 0 Å². The molecule has 0 fully saturated rings. The maximum absolute atomic E-state index is 13.5. The summed E-state index contributed by atoms with van der Waals surface area (Å²) < 4.78 is 33.7. The SMILES string of the molecule is CCC/C=C\CCOC(=O)CCCCC(=O)OCC(COC(=O)CCCCC(=O)OCC/C=C\CCC)(COC(=O)CCCN(C)C)COC(=O)CC(CCCCC)CCCCC. The molecule has 0 unspecified atom stereocenters. The molecule has 0 aliphatic carbocycles. The molecule has 0 aromatic heterocycles. The molecule has 0 rings (SSSR count). The van der Waals surface area contributed by atoms with Gasteiger partial charge in [-0.3, -0.25) is 28.8 Å². The van der Waals surface area contributed by atoms with Crippen molar-refractivity contribution in [1.82, 2.24) is 4.90 Å². The highest BCUT2D eigenvalue weighted by Crippen LogP contribution is 2.26. The Kier molecular flexibility index (Phi) is 38.6. The molecule has 0 aromatic rings. The van der Waals surface area contributed by atoms with Crippen molar-refractivity contribution >= 4 is 35.8 Å². The van der Waals surface area contributed by atoms with Gasteiger partial charge in [0, 0.05) is 38.5 Å². The lowest BCUT2D eigenvalue weighted by Crippen LogP contribution is -2.44. The van der Waals surface area contributed by atoms with Crippen LogP contribution >= 0.6 is 0 Å². The molecule has 0 spiro atoms. The standard InChI is InChI=1S/C50H87NO12/c1-7-11-15-17-25-36-58-44(52)30-21-23-32-46(54)60-39-50(41-62-48(56)34-27-35-51(5)6,42-63-49(57)38-43(28-19-13-9-3)29-20-14-10-4)40-61-47(55)33-24-22-31-45(53)59-37-26-18-16-12-8-2/h15-18,43H,7-14,19-42H2,1-6H3/b17-15-,18-16-. The van der Waals surface area contributed by atoms with Gasteiger partial charge < -0.3 is 33.3 Å². The van der Waals surface area contributed by atoms with Crippen molar-refractivity contribution in [3.05, 3.63) is 24.3 Å². The van der Waals surface area contributed by atoms with Crippen molar-refractivity contribution in [3.63, 3.8) is 0 Å². The minimum atomic E-state index is -1.39. The summed E-state index contributed by atoms with van der Waals surface area (Å²) in [6.07, 6.45) is 24.6. The second-order valence-corrected chi connectivity index (χ2v) is 17.1. The zero-order valence-electron chi connectivity index (χ0n) is 40.4. The van der Waals surface area contributed by atoms with Crippen LogP contribution in [0.15, 0.2) is 24.3 Å². The number of allylic oxidation sites excluding steroid dienone is 2. The number of carbonyl (C=O) groups is 6. The van der Waals surface area contributed by atoms with Crippen molar-refractivity contribution in [2.45, 2.75) is 188 Å². The van der Waals surface area contributed by atoms with Crippen molar-refractivity contribution < 1.29 is 57.2 Å². The van der Waals surface area contributed by atoms with Crippen LogP contribution < -0.4 is 0 Å². The van der Waals surface area contributed by atoms with E-state index in [1.165, 1.54) is 0 Å². The number of carbonyl (C=O) groups excluding carboxylic acids is 6. The average Bonchev–Trinajstić information content (AvgIpc) is 3.25. The molecular formula is C50H87NO12. The van der Waals surface area contributed by atoms with Gasteiger partial charge in [0.1, 0.15) is 31.8 Å². The van der Waals surface area contributed by atoms with Gasteiger partial charge >= 0.3 is 35.8 Å². The molecule has 364 valence electrons. The van der Waals surface area contributed by atoms with Crippen LogP contribution in [0, 0.1) is 11.3 Å². The van der Waals surface area contributed by atoms with E-state index >= 15 is 0 Å². The number of hydrogen-bond acceptors (Lipinski definition) is 13. The first-order chi connectivity index (χ1) is 30.4. The van der Waals surface area contributed by atoms with Gasteiger partial charge in [-0.1, -0.05) is 103 Å². The van der Waals surface area contributed by atoms with Crippen molar-refractivity contribution in [3.8, 4) is 0 Å². The van der Waals surface area contributed by atoms with Gasteiger partial charge in [-0.25, -0.2) is 0 Å². The maximum Gasteiger partial charge on any atom is 0.306 e. The maximum atomic E-state index is 13.5. The van der Waals surface area contributed by atoms with E-state index in [1.807, 2.05) is 31.1 Å². The third-order valence-electron chi connectivity index (χ3n) is 10.4. The highest BCUT2D eigenvalue weighted by molar-refractivity contribution is 5.72. The van der Waals surface area contributed by atoms with Gasteiger partial charge in [-0.2, -0.15) is 0 Å². The lowest BCUT2D eigenvalue weighted by atomic mass is 9.91. The van der Waals surface area contributed by atoms with Crippen LogP contribution in [0.5, 0.6) is 0 Å². The van der Waals surface area contributed by atoms with E-state index in [9.17, 15) is 28.8 Å². The summed E-state index contributed by atoms with van der Waals surface area (Å²) in [4.78, 5) is 78.9. The number of ether oxygens (including phenoxy) is 6. The molecule has 63 heavy (non-hydrogen) atoms. The number of nitrogens with zero attached hydrogens (tertiary/aromatic N) is 1. The quantitative estimate of drug-likeness (QED) is 0.0247. The van der Waals surface area contributed by atoms with E-state index in [2.05, 4.69) is 39.8 Å². The predicted octanol–water partition coefficient (Wildman–Crippen LogP) is 10.4. The summed E-state index contributed by atoms with van der Waals surface area (Å²) in [6.45, 7) is 8.45. The Morgan fingerprint density at radius 2 is 0.778 bits per heavy atom. The Balaban J connectivity index is 5.83. The van der Waals surface area contributed by atoms with Crippen molar-refractivity contribution in [2.75, 3.05) is 60.3 Å². The molecule has 0 saturated heterocycles. The summed E-state index contributed by atoms with van der Waals surface area (Å²) in [5.41, 5.74) is -1.39. The third kappa shape index (κ3) is 37.4. The molecule has 0 bridgehead atoms. The molecule has 0 amide bonds.